The van der Waals surface area contributed by atoms with Crippen molar-refractivity contribution in [3.05, 3.63) is 58.8 Å². The van der Waals surface area contributed by atoms with E-state index in [1.54, 1.807) is 6.07 Å². The van der Waals surface area contributed by atoms with Gasteiger partial charge in [-0.05, 0) is 37.0 Å². The number of rotatable bonds is 2. The number of aromatic nitrogens is 1. The Morgan fingerprint density at radius 3 is 2.41 bits per heavy atom. The number of hydrogen-bond donors (Lipinski definition) is 1. The highest BCUT2D eigenvalue weighted by atomic mass is 19.1. The van der Waals surface area contributed by atoms with Crippen LogP contribution in [0.4, 0.5) is 4.39 Å². The molecule has 1 unspecified atom stereocenters. The summed E-state index contributed by atoms with van der Waals surface area (Å²) in [6, 6.07) is 3.56. The van der Waals surface area contributed by atoms with Gasteiger partial charge in [-0.1, -0.05) is 33.2 Å². The number of halogens is 1. The van der Waals surface area contributed by atoms with Gasteiger partial charge in [0.05, 0.1) is 6.04 Å². The van der Waals surface area contributed by atoms with E-state index in [2.05, 4.69) is 36.2 Å². The molecule has 1 aromatic heterocycles. The van der Waals surface area contributed by atoms with Gasteiger partial charge in [-0.25, -0.2) is 4.39 Å². The van der Waals surface area contributed by atoms with Crippen LogP contribution in [0.25, 0.3) is 23.9 Å². The lowest BCUT2D eigenvalue weighted by Crippen LogP contribution is -2.36. The molecule has 3 rings (SSSR count). The van der Waals surface area contributed by atoms with Gasteiger partial charge in [0.25, 0.3) is 0 Å². The molecule has 1 N–H and O–H groups in total. The molecule has 3 heteroatoms. The molecule has 2 nitrogen and oxygen atoms in total. The molecule has 1 aromatic carbocycles. The van der Waals surface area contributed by atoms with E-state index < -0.39 is 0 Å². The minimum atomic E-state index is -0.175. The molecular formula is C19H21FN2. The fourth-order valence-electron chi connectivity index (χ4n) is 3.31. The average Bonchev–Trinajstić information content (AvgIpc) is 2.70. The summed E-state index contributed by atoms with van der Waals surface area (Å²) in [5, 5.41) is 6.69. The van der Waals surface area contributed by atoms with Gasteiger partial charge in [-0.2, -0.15) is 0 Å². The molecule has 1 saturated heterocycles. The molecule has 22 heavy (non-hydrogen) atoms. The summed E-state index contributed by atoms with van der Waals surface area (Å²) < 4.78 is 16.2. The highest BCUT2D eigenvalue weighted by Gasteiger charge is 2.23. The predicted molar refractivity (Wildman–Crippen MR) is 91.3 cm³/mol. The third-order valence-electron chi connectivity index (χ3n) is 4.54. The molecule has 0 aliphatic carbocycles. The monoisotopic (exact) mass is 296 g/mol. The Labute approximate surface area is 129 Å². The maximum Gasteiger partial charge on any atom is 0.127 e. The fraction of sp³-hybridized carbons (Fsp3) is 0.263. The molecule has 1 aliphatic heterocycles. The van der Waals surface area contributed by atoms with Crippen molar-refractivity contribution in [3.8, 4) is 0 Å². The van der Waals surface area contributed by atoms with E-state index >= 15 is 0 Å². The summed E-state index contributed by atoms with van der Waals surface area (Å²) >= 11 is 0. The molecule has 1 aliphatic rings. The number of piperidine rings is 1. The zero-order valence-electron chi connectivity index (χ0n) is 13.0. The van der Waals surface area contributed by atoms with Crippen LogP contribution in [0.3, 0.4) is 0 Å². The van der Waals surface area contributed by atoms with Crippen molar-refractivity contribution in [1.29, 1.82) is 0 Å². The SMILES string of the molecule is C=C1CCC(n2c(=C)c3cc(F)c(CC)cc3c2=C)C(=C)N1. The summed E-state index contributed by atoms with van der Waals surface area (Å²) in [6.07, 6.45) is 2.45. The Hall–Kier alpha value is -2.29. The van der Waals surface area contributed by atoms with Crippen molar-refractivity contribution in [1.82, 2.24) is 9.88 Å². The highest BCUT2D eigenvalue weighted by molar-refractivity contribution is 5.84. The number of nitrogens with zero attached hydrogens (tertiary/aromatic N) is 1. The first kappa shape index (κ1) is 14.6. The molecule has 114 valence electrons. The van der Waals surface area contributed by atoms with E-state index in [0.717, 1.165) is 45.7 Å². The summed E-state index contributed by atoms with van der Waals surface area (Å²) in [5.74, 6) is -0.175. The van der Waals surface area contributed by atoms with Gasteiger partial charge in [0.2, 0.25) is 0 Å². The summed E-state index contributed by atoms with van der Waals surface area (Å²) in [6.45, 7) is 18.4. The van der Waals surface area contributed by atoms with Crippen molar-refractivity contribution in [2.24, 2.45) is 0 Å². The van der Waals surface area contributed by atoms with E-state index in [1.807, 2.05) is 13.0 Å². The average molecular weight is 296 g/mol. The van der Waals surface area contributed by atoms with Crippen LogP contribution < -0.4 is 16.0 Å². The smallest absolute Gasteiger partial charge is 0.127 e. The van der Waals surface area contributed by atoms with Gasteiger partial charge in [-0.3, -0.25) is 0 Å². The molecule has 0 radical (unpaired) electrons. The van der Waals surface area contributed by atoms with Crippen molar-refractivity contribution in [2.45, 2.75) is 32.2 Å². The Morgan fingerprint density at radius 1 is 1.18 bits per heavy atom. The fourth-order valence-corrected chi connectivity index (χ4v) is 3.31. The first-order valence-electron chi connectivity index (χ1n) is 7.57. The van der Waals surface area contributed by atoms with Gasteiger partial charge in [0, 0.05) is 32.9 Å². The number of fused-ring (bicyclic) bond motifs is 1. The maximum absolute atomic E-state index is 14.1. The quantitative estimate of drug-likeness (QED) is 0.901. The van der Waals surface area contributed by atoms with E-state index in [0.29, 0.717) is 12.0 Å². The first-order valence-corrected chi connectivity index (χ1v) is 7.57. The predicted octanol–water partition coefficient (Wildman–Crippen LogP) is 3.12. The number of nitrogens with one attached hydrogen (secondary N) is 1. The van der Waals surface area contributed by atoms with Gasteiger partial charge in [0.1, 0.15) is 5.82 Å². The van der Waals surface area contributed by atoms with Gasteiger partial charge in [0.15, 0.2) is 0 Å². The lowest BCUT2D eigenvalue weighted by Gasteiger charge is -2.29. The lowest BCUT2D eigenvalue weighted by molar-refractivity contribution is 0.458. The van der Waals surface area contributed by atoms with E-state index in [1.165, 1.54) is 0 Å². The third kappa shape index (κ3) is 2.08. The second-order valence-corrected chi connectivity index (χ2v) is 5.91. The minimum Gasteiger partial charge on any atom is -0.362 e. The zero-order valence-corrected chi connectivity index (χ0v) is 13.0. The molecule has 0 saturated carbocycles. The zero-order chi connectivity index (χ0) is 16.0. The topological polar surface area (TPSA) is 17.0 Å². The van der Waals surface area contributed by atoms with Gasteiger partial charge >= 0.3 is 0 Å². The van der Waals surface area contributed by atoms with Crippen LogP contribution in [0.5, 0.6) is 0 Å². The maximum atomic E-state index is 14.1. The largest absolute Gasteiger partial charge is 0.362 e. The van der Waals surface area contributed by atoms with Crippen molar-refractivity contribution in [3.63, 3.8) is 0 Å². The molecular weight excluding hydrogens is 275 g/mol. The van der Waals surface area contributed by atoms with Crippen molar-refractivity contribution < 1.29 is 4.39 Å². The Balaban J connectivity index is 2.23. The molecule has 0 spiro atoms. The van der Waals surface area contributed by atoms with Crippen LogP contribution >= 0.6 is 0 Å². The Bertz CT molecular complexity index is 889. The standard InChI is InChI=1S/C19H21FN2/c1-6-15-9-16-13(4)22(14(5)17(16)10-18(15)20)19-8-7-11(2)21-12(19)3/h9-10,19,21H,2-8H2,1H3. The summed E-state index contributed by atoms with van der Waals surface area (Å²) in [4.78, 5) is 0. The van der Waals surface area contributed by atoms with Crippen LogP contribution in [0.2, 0.25) is 0 Å². The summed E-state index contributed by atoms with van der Waals surface area (Å²) in [5.41, 5.74) is 2.58. The van der Waals surface area contributed by atoms with E-state index in [4.69, 9.17) is 0 Å². The number of allylic oxidation sites excluding steroid dienone is 2. The van der Waals surface area contributed by atoms with Crippen LogP contribution in [-0.2, 0) is 6.42 Å². The Kier molecular flexibility index (Phi) is 3.44. The second kappa shape index (κ2) is 5.16. The molecule has 2 aromatic rings. The van der Waals surface area contributed by atoms with Gasteiger partial charge in [-0.15, -0.1) is 0 Å². The van der Waals surface area contributed by atoms with E-state index in [9.17, 15) is 4.39 Å². The van der Waals surface area contributed by atoms with Crippen LogP contribution in [0.15, 0.2) is 36.7 Å². The van der Waals surface area contributed by atoms with Gasteiger partial charge < -0.3 is 9.88 Å². The normalized spacial score (nSPS) is 18.7. The number of aryl methyl sites for hydroxylation is 1. The molecule has 2 heterocycles. The van der Waals surface area contributed by atoms with Crippen molar-refractivity contribution >= 4 is 23.9 Å². The molecule has 0 amide bonds. The van der Waals surface area contributed by atoms with Crippen LogP contribution in [0.1, 0.15) is 31.4 Å². The molecule has 1 fully saturated rings. The minimum absolute atomic E-state index is 0.0750. The third-order valence-corrected chi connectivity index (χ3v) is 4.54. The molecule has 1 atom stereocenters. The van der Waals surface area contributed by atoms with Crippen molar-refractivity contribution in [2.75, 3.05) is 0 Å². The van der Waals surface area contributed by atoms with Crippen LogP contribution in [0, 0.1) is 5.82 Å². The second-order valence-electron chi connectivity index (χ2n) is 5.91. The first-order chi connectivity index (χ1) is 10.4. The number of benzene rings is 1. The van der Waals surface area contributed by atoms with Crippen LogP contribution in [-0.4, -0.2) is 4.57 Å². The lowest BCUT2D eigenvalue weighted by atomic mass is 10.0. The highest BCUT2D eigenvalue weighted by Crippen LogP contribution is 2.26. The van der Waals surface area contributed by atoms with E-state index in [-0.39, 0.29) is 11.9 Å². The summed E-state index contributed by atoms with van der Waals surface area (Å²) in [7, 11) is 0. The number of hydrogen-bond acceptors (Lipinski definition) is 1. The Morgan fingerprint density at radius 2 is 1.82 bits per heavy atom. The molecule has 0 bridgehead atoms.